The highest BCUT2D eigenvalue weighted by molar-refractivity contribution is 5.40. The highest BCUT2D eigenvalue weighted by Crippen LogP contribution is 2.28. The minimum atomic E-state index is 1.09. The molecule has 0 heterocycles. The molecule has 0 amide bonds. The molecular weight excluding hydrogens is 158 g/mol. The molecule has 0 N–H and O–H groups in total. The van der Waals surface area contributed by atoms with Gasteiger partial charge in [-0.1, -0.05) is 25.0 Å². The number of hydrogen-bond acceptors (Lipinski definition) is 1. The maximum absolute atomic E-state index is 2.32. The Morgan fingerprint density at radius 1 is 1.38 bits per heavy atom. The van der Waals surface area contributed by atoms with Crippen LogP contribution in [0, 0.1) is 6.42 Å². The van der Waals surface area contributed by atoms with Crippen LogP contribution in [-0.4, -0.2) is 19.0 Å². The molecule has 1 aliphatic carbocycles. The fourth-order valence-corrected chi connectivity index (χ4v) is 1.82. The van der Waals surface area contributed by atoms with E-state index in [0.29, 0.717) is 0 Å². The van der Waals surface area contributed by atoms with Crippen molar-refractivity contribution < 1.29 is 0 Å². The van der Waals surface area contributed by atoms with Crippen molar-refractivity contribution in [1.29, 1.82) is 0 Å². The summed E-state index contributed by atoms with van der Waals surface area (Å²) in [5.41, 5.74) is 4.41. The molecule has 0 unspecified atom stereocenters. The normalized spacial score (nSPS) is 17.4. The van der Waals surface area contributed by atoms with Crippen LogP contribution in [0.5, 0.6) is 0 Å². The SMILES string of the molecule is CCCC1=C(N(C)C)[CH]CC=C1C. The first-order valence-electron chi connectivity index (χ1n) is 5.07. The molecule has 73 valence electrons. The van der Waals surface area contributed by atoms with E-state index in [1.807, 2.05) is 0 Å². The van der Waals surface area contributed by atoms with Crippen LogP contribution in [-0.2, 0) is 0 Å². The lowest BCUT2D eigenvalue weighted by Crippen LogP contribution is -2.16. The highest BCUT2D eigenvalue weighted by Gasteiger charge is 2.13. The Morgan fingerprint density at radius 3 is 2.62 bits per heavy atom. The second kappa shape index (κ2) is 4.50. The van der Waals surface area contributed by atoms with Gasteiger partial charge in [-0.15, -0.1) is 0 Å². The number of nitrogens with zero attached hydrogens (tertiary/aromatic N) is 1. The number of hydrogen-bond donors (Lipinski definition) is 0. The Hall–Kier alpha value is -0.720. The van der Waals surface area contributed by atoms with E-state index in [0.717, 1.165) is 6.42 Å². The van der Waals surface area contributed by atoms with Crippen LogP contribution in [0.25, 0.3) is 0 Å². The summed E-state index contributed by atoms with van der Waals surface area (Å²) in [4.78, 5) is 2.22. The van der Waals surface area contributed by atoms with Crippen molar-refractivity contribution in [3.8, 4) is 0 Å². The van der Waals surface area contributed by atoms with Gasteiger partial charge in [0.2, 0.25) is 0 Å². The predicted octanol–water partition coefficient (Wildman–Crippen LogP) is 3.16. The highest BCUT2D eigenvalue weighted by atomic mass is 15.1. The molecular formula is C12H20N. The Bertz CT molecular complexity index is 234. The molecule has 1 aliphatic rings. The van der Waals surface area contributed by atoms with Crippen LogP contribution in [0.4, 0.5) is 0 Å². The van der Waals surface area contributed by atoms with Crippen molar-refractivity contribution in [2.45, 2.75) is 33.1 Å². The van der Waals surface area contributed by atoms with E-state index in [-0.39, 0.29) is 0 Å². The molecule has 1 rings (SSSR count). The first-order chi connectivity index (χ1) is 6.16. The lowest BCUT2D eigenvalue weighted by molar-refractivity contribution is 0.505. The fraction of sp³-hybridized carbons (Fsp3) is 0.583. The molecule has 0 saturated carbocycles. The van der Waals surface area contributed by atoms with E-state index < -0.39 is 0 Å². The molecule has 0 aromatic heterocycles. The number of allylic oxidation sites excluding steroid dienone is 4. The predicted molar refractivity (Wildman–Crippen MR) is 58.3 cm³/mol. The standard InChI is InChI=1S/C12H20N/c1-5-7-11-10(2)8-6-9-12(11)13(3)4/h8-9H,5-7H2,1-4H3. The van der Waals surface area contributed by atoms with Gasteiger partial charge in [0.05, 0.1) is 0 Å². The lowest BCUT2D eigenvalue weighted by atomic mass is 9.92. The molecule has 0 bridgehead atoms. The second-order valence-corrected chi connectivity index (χ2v) is 3.84. The van der Waals surface area contributed by atoms with Crippen LogP contribution in [0.15, 0.2) is 22.9 Å². The van der Waals surface area contributed by atoms with Gasteiger partial charge in [-0.25, -0.2) is 0 Å². The van der Waals surface area contributed by atoms with Gasteiger partial charge in [0.1, 0.15) is 0 Å². The third kappa shape index (κ3) is 2.36. The van der Waals surface area contributed by atoms with E-state index in [1.165, 1.54) is 29.7 Å². The van der Waals surface area contributed by atoms with Gasteiger partial charge in [-0.2, -0.15) is 0 Å². The van der Waals surface area contributed by atoms with Crippen molar-refractivity contribution in [2.75, 3.05) is 14.1 Å². The molecule has 0 saturated heterocycles. The van der Waals surface area contributed by atoms with Crippen LogP contribution in [0.1, 0.15) is 33.1 Å². The maximum Gasteiger partial charge on any atom is 0.0204 e. The first-order valence-corrected chi connectivity index (χ1v) is 5.07. The molecule has 0 fully saturated rings. The van der Waals surface area contributed by atoms with E-state index >= 15 is 0 Å². The fourth-order valence-electron chi connectivity index (χ4n) is 1.82. The monoisotopic (exact) mass is 178 g/mol. The van der Waals surface area contributed by atoms with E-state index in [4.69, 9.17) is 0 Å². The quantitative estimate of drug-likeness (QED) is 0.641. The maximum atomic E-state index is 2.32. The zero-order chi connectivity index (χ0) is 9.84. The van der Waals surface area contributed by atoms with Gasteiger partial charge < -0.3 is 4.90 Å². The summed E-state index contributed by atoms with van der Waals surface area (Å²) in [7, 11) is 4.25. The topological polar surface area (TPSA) is 3.24 Å². The molecule has 1 nitrogen and oxygen atoms in total. The van der Waals surface area contributed by atoms with E-state index in [2.05, 4.69) is 45.3 Å². The van der Waals surface area contributed by atoms with Gasteiger partial charge in [0.15, 0.2) is 0 Å². The van der Waals surface area contributed by atoms with Crippen molar-refractivity contribution in [3.63, 3.8) is 0 Å². The molecule has 0 atom stereocenters. The van der Waals surface area contributed by atoms with Crippen LogP contribution in [0.2, 0.25) is 0 Å². The summed E-state index contributed by atoms with van der Waals surface area (Å²) < 4.78 is 0. The average Bonchev–Trinajstić information content (AvgIpc) is 2.08. The van der Waals surface area contributed by atoms with Gasteiger partial charge in [0.25, 0.3) is 0 Å². The Labute approximate surface area is 82.1 Å². The minimum absolute atomic E-state index is 1.09. The Morgan fingerprint density at radius 2 is 2.08 bits per heavy atom. The van der Waals surface area contributed by atoms with Crippen molar-refractivity contribution in [2.24, 2.45) is 0 Å². The molecule has 1 heteroatoms. The summed E-state index contributed by atoms with van der Waals surface area (Å²) >= 11 is 0. The van der Waals surface area contributed by atoms with Crippen LogP contribution in [0.3, 0.4) is 0 Å². The molecule has 0 spiro atoms. The van der Waals surface area contributed by atoms with Crippen molar-refractivity contribution in [3.05, 3.63) is 29.3 Å². The molecule has 0 aliphatic heterocycles. The number of rotatable bonds is 3. The molecule has 1 radical (unpaired) electrons. The molecule has 0 aromatic rings. The van der Waals surface area contributed by atoms with Gasteiger partial charge in [-0.3, -0.25) is 0 Å². The first kappa shape index (κ1) is 10.4. The lowest BCUT2D eigenvalue weighted by Gasteiger charge is -2.25. The zero-order valence-electron chi connectivity index (χ0n) is 9.22. The largest absolute Gasteiger partial charge is 0.380 e. The minimum Gasteiger partial charge on any atom is -0.380 e. The van der Waals surface area contributed by atoms with Gasteiger partial charge >= 0.3 is 0 Å². The summed E-state index contributed by atoms with van der Waals surface area (Å²) in [6.07, 6.45) is 8.15. The summed E-state index contributed by atoms with van der Waals surface area (Å²) in [6.45, 7) is 4.46. The molecule has 13 heavy (non-hydrogen) atoms. The summed E-state index contributed by atoms with van der Waals surface area (Å²) in [5, 5.41) is 0. The van der Waals surface area contributed by atoms with E-state index in [1.54, 1.807) is 0 Å². The average molecular weight is 178 g/mol. The Kier molecular flexibility index (Phi) is 3.58. The third-order valence-electron chi connectivity index (χ3n) is 2.50. The van der Waals surface area contributed by atoms with Gasteiger partial charge in [-0.05, 0) is 25.3 Å². The third-order valence-corrected chi connectivity index (χ3v) is 2.50. The molecule has 0 aromatic carbocycles. The second-order valence-electron chi connectivity index (χ2n) is 3.84. The summed E-state index contributed by atoms with van der Waals surface area (Å²) in [5.74, 6) is 0. The summed E-state index contributed by atoms with van der Waals surface area (Å²) in [6, 6.07) is 0. The van der Waals surface area contributed by atoms with Crippen molar-refractivity contribution >= 4 is 0 Å². The van der Waals surface area contributed by atoms with E-state index in [9.17, 15) is 0 Å². The van der Waals surface area contributed by atoms with Crippen LogP contribution < -0.4 is 0 Å². The van der Waals surface area contributed by atoms with Crippen LogP contribution >= 0.6 is 0 Å². The smallest absolute Gasteiger partial charge is 0.0204 e. The van der Waals surface area contributed by atoms with Crippen molar-refractivity contribution in [1.82, 2.24) is 4.90 Å². The van der Waals surface area contributed by atoms with Gasteiger partial charge in [0, 0.05) is 26.2 Å². The zero-order valence-corrected chi connectivity index (χ0v) is 9.22. The Balaban J connectivity index is 2.91.